The molecular weight excluding hydrogens is 375 g/mol. The summed E-state index contributed by atoms with van der Waals surface area (Å²) in [6, 6.07) is 0. The van der Waals surface area contributed by atoms with E-state index in [0.29, 0.717) is 11.5 Å². The molecule has 20 heavy (non-hydrogen) atoms. The molecule has 2 fully saturated rings. The summed E-state index contributed by atoms with van der Waals surface area (Å²) in [7, 11) is -1.46. The zero-order valence-corrected chi connectivity index (χ0v) is 16.6. The number of hydrogen-bond acceptors (Lipinski definition) is 1. The van der Waals surface area contributed by atoms with E-state index in [1.165, 1.54) is 57.8 Å². The van der Waals surface area contributed by atoms with E-state index in [4.69, 9.17) is 4.43 Å². The molecule has 3 heteroatoms. The van der Waals surface area contributed by atoms with E-state index in [1.54, 1.807) is 0 Å². The van der Waals surface area contributed by atoms with Crippen LogP contribution in [0.2, 0.25) is 19.6 Å². The van der Waals surface area contributed by atoms with Gasteiger partial charge in [0, 0.05) is 0 Å². The fraction of sp³-hybridized carbons (Fsp3) is 0.882. The van der Waals surface area contributed by atoms with Gasteiger partial charge in [-0.15, -0.1) is 0 Å². The van der Waals surface area contributed by atoms with Crippen molar-refractivity contribution in [3.8, 4) is 0 Å². The van der Waals surface area contributed by atoms with E-state index >= 15 is 0 Å². The Balaban J connectivity index is 1.98. The first kappa shape index (κ1) is 17.0. The summed E-state index contributed by atoms with van der Waals surface area (Å²) < 4.78 is 8.73. The normalized spacial score (nSPS) is 25.0. The Morgan fingerprint density at radius 2 is 1.85 bits per heavy atom. The van der Waals surface area contributed by atoms with Gasteiger partial charge in [-0.3, -0.25) is 0 Å². The molecule has 2 rings (SSSR count). The van der Waals surface area contributed by atoms with Gasteiger partial charge in [-0.2, -0.15) is 0 Å². The molecule has 1 nitrogen and oxygen atoms in total. The van der Waals surface area contributed by atoms with Crippen LogP contribution in [-0.2, 0) is 4.43 Å². The van der Waals surface area contributed by atoms with Gasteiger partial charge in [-0.25, -0.2) is 0 Å². The van der Waals surface area contributed by atoms with E-state index in [2.05, 4.69) is 52.4 Å². The predicted molar refractivity (Wildman–Crippen MR) is 98.9 cm³/mol. The third kappa shape index (κ3) is 4.57. The zero-order chi connectivity index (χ0) is 14.6. The molecule has 0 aromatic carbocycles. The van der Waals surface area contributed by atoms with Crippen molar-refractivity contribution < 1.29 is 4.43 Å². The summed E-state index contributed by atoms with van der Waals surface area (Å²) in [5, 5.41) is 0. The first-order valence-electron chi connectivity index (χ1n) is 8.40. The van der Waals surface area contributed by atoms with Crippen LogP contribution in [0.4, 0.5) is 0 Å². The molecule has 2 saturated carbocycles. The molecule has 0 aromatic rings. The Morgan fingerprint density at radius 3 is 2.30 bits per heavy atom. The average molecular weight is 406 g/mol. The first-order valence-corrected chi connectivity index (χ1v) is 13.1. The van der Waals surface area contributed by atoms with Crippen molar-refractivity contribution in [2.75, 3.05) is 0 Å². The number of hydrogen-bond donors (Lipinski definition) is 0. The molecule has 116 valence electrons. The fourth-order valence-corrected chi connectivity index (χ4v) is 5.38. The Hall–Kier alpha value is 0.647. The third-order valence-corrected chi connectivity index (χ3v) is 6.58. The highest BCUT2D eigenvalue weighted by molar-refractivity contribution is 14.1. The SMILES string of the molecule is C[Si](C)(C)OC(C=CI)C1(CCC2CCCC2)CCC1. The average Bonchev–Trinajstić information content (AvgIpc) is 2.78. The molecular formula is C17H31IOSi. The van der Waals surface area contributed by atoms with Crippen molar-refractivity contribution in [2.24, 2.45) is 11.3 Å². The Labute approximate surface area is 140 Å². The maximum atomic E-state index is 6.55. The van der Waals surface area contributed by atoms with Crippen molar-refractivity contribution in [3.05, 3.63) is 10.2 Å². The largest absolute Gasteiger partial charge is 0.411 e. The van der Waals surface area contributed by atoms with Crippen molar-refractivity contribution in [1.82, 2.24) is 0 Å². The van der Waals surface area contributed by atoms with Crippen molar-refractivity contribution in [1.29, 1.82) is 0 Å². The van der Waals surface area contributed by atoms with Gasteiger partial charge in [-0.05, 0) is 60.7 Å². The molecule has 2 aliphatic rings. The number of halogens is 1. The highest BCUT2D eigenvalue weighted by Crippen LogP contribution is 2.51. The minimum Gasteiger partial charge on any atom is -0.411 e. The molecule has 0 N–H and O–H groups in total. The van der Waals surface area contributed by atoms with E-state index in [9.17, 15) is 0 Å². The lowest BCUT2D eigenvalue weighted by Gasteiger charge is -2.49. The predicted octanol–water partition coefficient (Wildman–Crippen LogP) is 6.30. The van der Waals surface area contributed by atoms with Crippen molar-refractivity contribution in [2.45, 2.75) is 83.5 Å². The summed E-state index contributed by atoms with van der Waals surface area (Å²) in [5.41, 5.74) is 0.477. The first-order chi connectivity index (χ1) is 9.45. The van der Waals surface area contributed by atoms with Gasteiger partial charge in [0.1, 0.15) is 0 Å². The summed E-state index contributed by atoms with van der Waals surface area (Å²) in [5.74, 6) is 1.02. The summed E-state index contributed by atoms with van der Waals surface area (Å²) >= 11 is 2.36. The van der Waals surface area contributed by atoms with Crippen LogP contribution in [-0.4, -0.2) is 14.4 Å². The lowest BCUT2D eigenvalue weighted by Crippen LogP contribution is -2.46. The van der Waals surface area contributed by atoms with Crippen LogP contribution in [0.15, 0.2) is 10.2 Å². The van der Waals surface area contributed by atoms with Crippen LogP contribution < -0.4 is 0 Å². The maximum absolute atomic E-state index is 6.55. The molecule has 2 aliphatic carbocycles. The second kappa shape index (κ2) is 7.27. The minimum atomic E-state index is -1.46. The molecule has 0 saturated heterocycles. The monoisotopic (exact) mass is 406 g/mol. The van der Waals surface area contributed by atoms with Crippen molar-refractivity contribution in [3.63, 3.8) is 0 Å². The Kier molecular flexibility index (Phi) is 6.19. The second-order valence-electron chi connectivity index (χ2n) is 7.87. The van der Waals surface area contributed by atoms with Crippen LogP contribution in [0.1, 0.15) is 57.8 Å². The molecule has 1 atom stereocenters. The molecule has 0 aromatic heterocycles. The van der Waals surface area contributed by atoms with E-state index in [-0.39, 0.29) is 0 Å². The summed E-state index contributed by atoms with van der Waals surface area (Å²) in [6.07, 6.45) is 15.6. The van der Waals surface area contributed by atoms with E-state index in [1.807, 2.05) is 0 Å². The summed E-state index contributed by atoms with van der Waals surface area (Å²) in [6.45, 7) is 6.97. The molecule has 0 bridgehead atoms. The summed E-state index contributed by atoms with van der Waals surface area (Å²) in [4.78, 5) is 0. The highest BCUT2D eigenvalue weighted by Gasteiger charge is 2.44. The maximum Gasteiger partial charge on any atom is 0.184 e. The van der Waals surface area contributed by atoms with Gasteiger partial charge >= 0.3 is 0 Å². The van der Waals surface area contributed by atoms with Gasteiger partial charge in [0.25, 0.3) is 0 Å². The van der Waals surface area contributed by atoms with E-state index in [0.717, 1.165) is 5.92 Å². The topological polar surface area (TPSA) is 9.23 Å². The van der Waals surface area contributed by atoms with Gasteiger partial charge in [0.05, 0.1) is 6.10 Å². The van der Waals surface area contributed by atoms with Crippen LogP contribution in [0, 0.1) is 11.3 Å². The van der Waals surface area contributed by atoms with Crippen LogP contribution in [0.5, 0.6) is 0 Å². The van der Waals surface area contributed by atoms with Gasteiger partial charge in [0.15, 0.2) is 8.32 Å². The van der Waals surface area contributed by atoms with Crippen LogP contribution in [0.25, 0.3) is 0 Å². The third-order valence-electron chi connectivity index (χ3n) is 5.21. The zero-order valence-electron chi connectivity index (χ0n) is 13.5. The second-order valence-corrected chi connectivity index (χ2v) is 13.1. The molecule has 0 amide bonds. The van der Waals surface area contributed by atoms with Gasteiger partial charge in [0.2, 0.25) is 0 Å². The fourth-order valence-electron chi connectivity index (χ4n) is 3.91. The van der Waals surface area contributed by atoms with Crippen LogP contribution in [0.3, 0.4) is 0 Å². The molecule has 1 unspecified atom stereocenters. The Morgan fingerprint density at radius 1 is 1.20 bits per heavy atom. The van der Waals surface area contributed by atoms with Crippen molar-refractivity contribution >= 4 is 30.9 Å². The molecule has 0 aliphatic heterocycles. The number of rotatable bonds is 7. The Bertz CT molecular complexity index is 324. The quantitative estimate of drug-likeness (QED) is 0.356. The van der Waals surface area contributed by atoms with E-state index < -0.39 is 8.32 Å². The molecule has 0 radical (unpaired) electrons. The van der Waals surface area contributed by atoms with Gasteiger partial charge in [-0.1, -0.05) is 60.8 Å². The molecule has 0 heterocycles. The lowest BCUT2D eigenvalue weighted by molar-refractivity contribution is -0.00643. The highest BCUT2D eigenvalue weighted by atomic mass is 127. The smallest absolute Gasteiger partial charge is 0.184 e. The van der Waals surface area contributed by atoms with Crippen LogP contribution >= 0.6 is 22.6 Å². The molecule has 0 spiro atoms. The van der Waals surface area contributed by atoms with Gasteiger partial charge < -0.3 is 4.43 Å². The minimum absolute atomic E-state index is 0.376. The lowest BCUT2D eigenvalue weighted by atomic mass is 9.62. The standard InChI is InChI=1S/C17H31IOSi/c1-20(2,3)19-16(10-14-18)17(11-6-12-17)13-9-15-7-4-5-8-15/h10,14-16H,4-9,11-13H2,1-3H3.